The Hall–Kier alpha value is -2.84. The highest BCUT2D eigenvalue weighted by Crippen LogP contribution is 2.30. The van der Waals surface area contributed by atoms with E-state index in [-0.39, 0.29) is 25.9 Å². The summed E-state index contributed by atoms with van der Waals surface area (Å²) in [7, 11) is 0. The van der Waals surface area contributed by atoms with Gasteiger partial charge < -0.3 is 15.3 Å². The van der Waals surface area contributed by atoms with Crippen LogP contribution in [-0.2, 0) is 24.1 Å². The molecule has 2 N–H and O–H groups in total. The minimum atomic E-state index is -2.63. The third-order valence-electron chi connectivity index (χ3n) is 7.25. The number of nitrogens with zero attached hydrogens (tertiary/aromatic N) is 4. The number of halogens is 2. The predicted octanol–water partition coefficient (Wildman–Crippen LogP) is 5.43. The number of unbranched alkanes of at least 4 members (excludes halogenated alkanes) is 4. The molecule has 1 fully saturated rings. The van der Waals surface area contributed by atoms with Crippen molar-refractivity contribution < 1.29 is 18.7 Å². The number of aliphatic carboxylic acids is 1. The summed E-state index contributed by atoms with van der Waals surface area (Å²) in [4.78, 5) is 26.8. The van der Waals surface area contributed by atoms with Crippen LogP contribution in [0.1, 0.15) is 81.2 Å². The van der Waals surface area contributed by atoms with Crippen LogP contribution >= 0.6 is 0 Å². The maximum absolute atomic E-state index is 13.4. The molecular weight excluding hydrogens is 464 g/mol. The number of aromatic nitrogens is 3. The number of rotatable bonds is 12. The molecule has 196 valence electrons. The number of carboxylic acids is 1. The molecule has 0 aromatic carbocycles. The van der Waals surface area contributed by atoms with Crippen molar-refractivity contribution in [3.05, 3.63) is 41.5 Å². The number of nitrogens with one attached hydrogen (secondary N) is 1. The highest BCUT2D eigenvalue weighted by Gasteiger charge is 2.34. The van der Waals surface area contributed by atoms with Gasteiger partial charge >= 0.3 is 5.97 Å². The van der Waals surface area contributed by atoms with Crippen LogP contribution in [-0.4, -0.2) is 51.1 Å². The fraction of sp³-hybridized carbons (Fsp3) is 0.630. The molecule has 1 aliphatic heterocycles. The van der Waals surface area contributed by atoms with Gasteiger partial charge in [-0.25, -0.2) is 23.5 Å². The quantitative estimate of drug-likeness (QED) is 0.375. The molecule has 0 bridgehead atoms. The van der Waals surface area contributed by atoms with Crippen molar-refractivity contribution in [3.8, 4) is 0 Å². The zero-order valence-corrected chi connectivity index (χ0v) is 20.9. The van der Waals surface area contributed by atoms with Crippen molar-refractivity contribution >= 4 is 17.6 Å². The lowest BCUT2D eigenvalue weighted by Gasteiger charge is -2.32. The number of carboxylic acid groups (broad SMARTS) is 1. The van der Waals surface area contributed by atoms with Crippen LogP contribution in [0.3, 0.4) is 0 Å². The summed E-state index contributed by atoms with van der Waals surface area (Å²) in [5, 5.41) is 12.6. The molecule has 1 atom stereocenters. The van der Waals surface area contributed by atoms with Crippen LogP contribution in [0.15, 0.2) is 24.5 Å². The maximum atomic E-state index is 13.4. The Labute approximate surface area is 211 Å². The van der Waals surface area contributed by atoms with E-state index in [1.54, 1.807) is 11.0 Å². The molecule has 2 aliphatic rings. The topological polar surface area (TPSA) is 91.2 Å². The molecule has 9 heteroatoms. The predicted molar refractivity (Wildman–Crippen MR) is 136 cm³/mol. The second-order valence-corrected chi connectivity index (χ2v) is 10.1. The second-order valence-electron chi connectivity index (χ2n) is 10.1. The number of piperidine rings is 1. The molecule has 1 aliphatic carbocycles. The average molecular weight is 502 g/mol. The number of hydrogen-bond acceptors (Lipinski definition) is 6. The van der Waals surface area contributed by atoms with E-state index in [4.69, 9.17) is 4.98 Å². The van der Waals surface area contributed by atoms with E-state index in [1.807, 2.05) is 0 Å². The lowest BCUT2D eigenvalue weighted by molar-refractivity contribution is -0.138. The molecule has 4 rings (SSSR count). The van der Waals surface area contributed by atoms with Crippen LogP contribution in [0, 0.1) is 0 Å². The minimum absolute atomic E-state index is 0.207. The summed E-state index contributed by atoms with van der Waals surface area (Å²) < 4.78 is 26.9. The van der Waals surface area contributed by atoms with Crippen LogP contribution < -0.4 is 10.2 Å². The van der Waals surface area contributed by atoms with Crippen molar-refractivity contribution in [1.82, 2.24) is 15.0 Å². The monoisotopic (exact) mass is 501 g/mol. The number of fused-ring (bicyclic) bond motifs is 1. The van der Waals surface area contributed by atoms with Gasteiger partial charge in [0.05, 0.1) is 0 Å². The minimum Gasteiger partial charge on any atom is -0.480 e. The molecular formula is C27H37F2N5O2. The van der Waals surface area contributed by atoms with Gasteiger partial charge in [-0.15, -0.1) is 0 Å². The first-order valence-electron chi connectivity index (χ1n) is 13.3. The number of pyridine rings is 1. The fourth-order valence-corrected chi connectivity index (χ4v) is 5.05. The summed E-state index contributed by atoms with van der Waals surface area (Å²) in [5.74, 6) is -2.61. The first-order valence-corrected chi connectivity index (χ1v) is 13.3. The molecule has 0 spiro atoms. The summed E-state index contributed by atoms with van der Waals surface area (Å²) >= 11 is 0. The normalized spacial score (nSPS) is 17.9. The number of hydrogen-bond donors (Lipinski definition) is 2. The molecule has 2 aromatic rings. The van der Waals surface area contributed by atoms with Crippen LogP contribution in [0.2, 0.25) is 0 Å². The molecule has 7 nitrogen and oxygen atoms in total. The SMILES string of the molecule is O=C(O)[C@H](CCCCCCCc1ccc2c(n1)CCCC2)Nc1cc(N2CCC(F)(F)CC2)ncn1. The van der Waals surface area contributed by atoms with Gasteiger partial charge in [0, 0.05) is 43.4 Å². The Bertz CT molecular complexity index is 1010. The molecule has 0 radical (unpaired) electrons. The van der Waals surface area contributed by atoms with Crippen LogP contribution in [0.4, 0.5) is 20.4 Å². The summed E-state index contributed by atoms with van der Waals surface area (Å²) in [6, 6.07) is 5.32. The molecule has 0 amide bonds. The number of anilines is 2. The summed E-state index contributed by atoms with van der Waals surface area (Å²) in [6.45, 7) is 0.433. The molecule has 2 aromatic heterocycles. The zero-order chi connectivity index (χ0) is 25.4. The highest BCUT2D eigenvalue weighted by molar-refractivity contribution is 5.77. The van der Waals surface area contributed by atoms with Crippen molar-refractivity contribution in [2.45, 2.75) is 95.4 Å². The molecule has 36 heavy (non-hydrogen) atoms. The third-order valence-corrected chi connectivity index (χ3v) is 7.25. The number of aryl methyl sites for hydroxylation is 3. The Balaban J connectivity index is 1.16. The van der Waals surface area contributed by atoms with Gasteiger partial charge in [-0.3, -0.25) is 4.98 Å². The van der Waals surface area contributed by atoms with Crippen molar-refractivity contribution in [3.63, 3.8) is 0 Å². The highest BCUT2D eigenvalue weighted by atomic mass is 19.3. The van der Waals surface area contributed by atoms with Gasteiger partial charge in [-0.2, -0.15) is 0 Å². The van der Waals surface area contributed by atoms with E-state index in [2.05, 4.69) is 27.4 Å². The Morgan fingerprint density at radius 1 is 1.06 bits per heavy atom. The van der Waals surface area contributed by atoms with Gasteiger partial charge in [-0.05, 0) is 56.6 Å². The smallest absolute Gasteiger partial charge is 0.326 e. The zero-order valence-electron chi connectivity index (χ0n) is 20.9. The third kappa shape index (κ3) is 7.58. The van der Waals surface area contributed by atoms with Crippen molar-refractivity contribution in [1.29, 1.82) is 0 Å². The Morgan fingerprint density at radius 3 is 2.61 bits per heavy atom. The van der Waals surface area contributed by atoms with Gasteiger partial charge in [0.15, 0.2) is 0 Å². The molecule has 1 saturated heterocycles. The van der Waals surface area contributed by atoms with E-state index < -0.39 is 17.9 Å². The number of alkyl halides is 2. The first kappa shape index (κ1) is 26.2. The van der Waals surface area contributed by atoms with Gasteiger partial charge in [0.1, 0.15) is 24.0 Å². The van der Waals surface area contributed by atoms with E-state index in [0.717, 1.165) is 51.4 Å². The standard InChI is InChI=1S/C27H37F2N5O2/c28-27(29)14-16-34(17-15-27)25-18-24(30-19-31-25)33-23(26(35)36)11-5-3-1-2-4-9-21-13-12-20-8-6-7-10-22(20)32-21/h12-13,18-19,23H,1-11,14-17H2,(H,35,36)(H,30,31,33)/t23-/m0/s1. The van der Waals surface area contributed by atoms with Crippen molar-refractivity contribution in [2.75, 3.05) is 23.3 Å². The van der Waals surface area contributed by atoms with Gasteiger partial charge in [0.25, 0.3) is 5.92 Å². The Kier molecular flexibility index (Phi) is 9.04. The fourth-order valence-electron chi connectivity index (χ4n) is 5.05. The van der Waals surface area contributed by atoms with Gasteiger partial charge in [-0.1, -0.05) is 31.7 Å². The largest absolute Gasteiger partial charge is 0.480 e. The van der Waals surface area contributed by atoms with Crippen molar-refractivity contribution in [2.24, 2.45) is 0 Å². The number of carbonyl (C=O) groups is 1. The second kappa shape index (κ2) is 12.4. The maximum Gasteiger partial charge on any atom is 0.326 e. The summed E-state index contributed by atoms with van der Waals surface area (Å²) in [5.41, 5.74) is 3.90. The van der Waals surface area contributed by atoms with E-state index in [1.165, 1.54) is 36.1 Å². The Morgan fingerprint density at radius 2 is 1.81 bits per heavy atom. The molecule has 0 saturated carbocycles. The van der Waals surface area contributed by atoms with E-state index in [0.29, 0.717) is 18.1 Å². The lowest BCUT2D eigenvalue weighted by Crippen LogP contribution is -2.39. The average Bonchev–Trinajstić information content (AvgIpc) is 2.87. The van der Waals surface area contributed by atoms with E-state index >= 15 is 0 Å². The summed E-state index contributed by atoms with van der Waals surface area (Å²) in [6.07, 6.45) is 12.3. The van der Waals surface area contributed by atoms with Crippen LogP contribution in [0.5, 0.6) is 0 Å². The van der Waals surface area contributed by atoms with E-state index in [9.17, 15) is 18.7 Å². The van der Waals surface area contributed by atoms with Gasteiger partial charge in [0.2, 0.25) is 0 Å². The molecule has 3 heterocycles. The lowest BCUT2D eigenvalue weighted by atomic mass is 9.95. The molecule has 0 unspecified atom stereocenters. The van der Waals surface area contributed by atoms with Crippen LogP contribution in [0.25, 0.3) is 0 Å². The first-order chi connectivity index (χ1) is 17.4.